The molecule has 1 aromatic rings. The van der Waals surface area contributed by atoms with Crippen LogP contribution in [-0.2, 0) is 0 Å². The van der Waals surface area contributed by atoms with Crippen LogP contribution in [0.15, 0.2) is 27.1 Å². The summed E-state index contributed by atoms with van der Waals surface area (Å²) in [6.07, 6.45) is 0. The van der Waals surface area contributed by atoms with Gasteiger partial charge in [0.15, 0.2) is 0 Å². The van der Waals surface area contributed by atoms with Crippen molar-refractivity contribution in [3.05, 3.63) is 27.1 Å². The second kappa shape index (κ2) is 2.05. The van der Waals surface area contributed by atoms with E-state index < -0.39 is 0 Å². The summed E-state index contributed by atoms with van der Waals surface area (Å²) in [5.41, 5.74) is 0. The first kappa shape index (κ1) is 5.45. The molecule has 0 saturated heterocycles. The summed E-state index contributed by atoms with van der Waals surface area (Å²) in [6.45, 7) is 0. The van der Waals surface area contributed by atoms with Crippen LogP contribution in [-0.4, -0.2) is 0 Å². The smallest absolute Gasteiger partial charge is 0.0809 e. The second-order valence-corrected chi connectivity index (χ2v) is 3.08. The van der Waals surface area contributed by atoms with E-state index in [4.69, 9.17) is 0 Å². The van der Waals surface area contributed by atoms with Crippen molar-refractivity contribution in [3.63, 3.8) is 0 Å². The van der Waals surface area contributed by atoms with Crippen LogP contribution in [0.4, 0.5) is 0 Å². The lowest BCUT2D eigenvalue weighted by atomic mass is 10.7. The molecule has 1 rings (SSSR count). The van der Waals surface area contributed by atoms with E-state index in [1.54, 1.807) is 0 Å². The first-order valence-electron chi connectivity index (χ1n) is 1.87. The van der Waals surface area contributed by atoms with E-state index in [-0.39, 0.29) is 0 Å². The Morgan fingerprint density at radius 3 is 2.29 bits per heavy atom. The Morgan fingerprint density at radius 2 is 2.14 bits per heavy atom. The van der Waals surface area contributed by atoms with Crippen molar-refractivity contribution in [3.8, 4) is 0 Å². The molecule has 1 aromatic carbocycles. The highest BCUT2D eigenvalue weighted by Gasteiger charge is 1.74. The average Bonchev–Trinajstić information content (AvgIpc) is 1.87. The highest BCUT2D eigenvalue weighted by atomic mass is 79.9. The van der Waals surface area contributed by atoms with Gasteiger partial charge < -0.3 is 0 Å². The quantitative estimate of drug-likeness (QED) is 0.593. The van der Waals surface area contributed by atoms with E-state index >= 15 is 0 Å². The molecule has 7 heavy (non-hydrogen) atoms. The minimum absolute atomic E-state index is 1.12. The molecule has 0 radical (unpaired) electrons. The van der Waals surface area contributed by atoms with Gasteiger partial charge in [0.1, 0.15) is 0 Å². The molecule has 0 aliphatic heterocycles. The molecule has 0 bridgehead atoms. The molecule has 0 nitrogen and oxygen atoms in total. The van der Waals surface area contributed by atoms with Gasteiger partial charge in [-0.3, -0.25) is 0 Å². The number of hydrogen-bond donors (Lipinski definition) is 0. The van der Waals surface area contributed by atoms with Crippen LogP contribution < -0.4 is 0 Å². The zero-order chi connectivity index (χ0) is 5.28. The van der Waals surface area contributed by atoms with Crippen LogP contribution in [0.5, 0.6) is 0 Å². The molecule has 0 heterocycles. The molecule has 2 heteroatoms. The fraction of sp³-hybridized carbons (Fsp3) is 0. The van der Waals surface area contributed by atoms with E-state index in [2.05, 4.69) is 31.9 Å². The minimum atomic E-state index is 1.12. The van der Waals surface area contributed by atoms with E-state index in [9.17, 15) is 0 Å². The molecular weight excluding hydrogens is 220 g/mol. The zero-order valence-electron chi connectivity index (χ0n) is 3.49. The lowest BCUT2D eigenvalue weighted by molar-refractivity contribution is 1.86. The van der Waals surface area contributed by atoms with Crippen molar-refractivity contribution >= 4 is 31.9 Å². The molecule has 0 N–H and O–H groups in total. The van der Waals surface area contributed by atoms with Gasteiger partial charge in [0.2, 0.25) is 0 Å². The van der Waals surface area contributed by atoms with Crippen LogP contribution in [0.3, 0.4) is 0 Å². The molecule has 0 aromatic heterocycles. The van der Waals surface area contributed by atoms with Crippen LogP contribution >= 0.6 is 31.9 Å². The lowest BCUT2D eigenvalue weighted by Crippen LogP contribution is -1.39. The zero-order valence-corrected chi connectivity index (χ0v) is 6.66. The third-order valence-corrected chi connectivity index (χ3v) is 1.66. The highest BCUT2D eigenvalue weighted by molar-refractivity contribution is 9.11. The van der Waals surface area contributed by atoms with Crippen molar-refractivity contribution in [2.75, 3.05) is 0 Å². The second-order valence-electron chi connectivity index (χ2n) is 1.25. The van der Waals surface area contributed by atoms with Gasteiger partial charge in [-0.25, -0.2) is 0 Å². The first-order valence-corrected chi connectivity index (χ1v) is 3.45. The van der Waals surface area contributed by atoms with Crippen molar-refractivity contribution in [2.24, 2.45) is 0 Å². The fourth-order valence-electron chi connectivity index (χ4n) is 0.387. The summed E-state index contributed by atoms with van der Waals surface area (Å²) in [5, 5.41) is 0. The Hall–Kier alpha value is 0.310. The normalized spacial score (nSPS) is 9.43. The summed E-state index contributed by atoms with van der Waals surface area (Å²) in [5.74, 6) is 0. The molecule has 0 saturated carbocycles. The molecule has 38 valence electrons. The average molecular weight is 223 g/mol. The van der Waals surface area contributed by atoms with Gasteiger partial charge in [-0.1, -0.05) is 15.9 Å². The Kier molecular flexibility index (Phi) is 1.60. The van der Waals surface area contributed by atoms with Gasteiger partial charge in [-0.15, -0.1) is 24.9 Å². The van der Waals surface area contributed by atoms with E-state index in [0.29, 0.717) is 0 Å². The summed E-state index contributed by atoms with van der Waals surface area (Å²) in [7, 11) is 0. The molecular formula is C5H3Br2-. The van der Waals surface area contributed by atoms with Crippen molar-refractivity contribution in [1.29, 1.82) is 0 Å². The van der Waals surface area contributed by atoms with Crippen LogP contribution in [0.1, 0.15) is 0 Å². The largest absolute Gasteiger partial charge is 0.186 e. The minimum Gasteiger partial charge on any atom is -0.186 e. The van der Waals surface area contributed by atoms with Crippen LogP contribution in [0.2, 0.25) is 0 Å². The Balaban J connectivity index is 3.04. The van der Waals surface area contributed by atoms with Gasteiger partial charge >= 0.3 is 0 Å². The Morgan fingerprint density at radius 1 is 1.43 bits per heavy atom. The van der Waals surface area contributed by atoms with E-state index in [1.807, 2.05) is 18.2 Å². The standard InChI is InChI=1S/C5H3Br2/c6-4-1-2-5(7)3-4/h1-3H/q-1. The third-order valence-electron chi connectivity index (χ3n) is 0.678. The lowest BCUT2D eigenvalue weighted by Gasteiger charge is -1.80. The first-order chi connectivity index (χ1) is 3.29. The number of hydrogen-bond acceptors (Lipinski definition) is 0. The maximum Gasteiger partial charge on any atom is -0.0809 e. The van der Waals surface area contributed by atoms with Gasteiger partial charge in [0.05, 0.1) is 0 Å². The van der Waals surface area contributed by atoms with Crippen LogP contribution in [0.25, 0.3) is 0 Å². The molecule has 0 aliphatic carbocycles. The van der Waals surface area contributed by atoms with Gasteiger partial charge in [-0.05, 0) is 0 Å². The highest BCUT2D eigenvalue weighted by Crippen LogP contribution is 2.18. The number of rotatable bonds is 0. The summed E-state index contributed by atoms with van der Waals surface area (Å²) in [4.78, 5) is 0. The molecule has 0 amide bonds. The van der Waals surface area contributed by atoms with Gasteiger partial charge in [0.25, 0.3) is 0 Å². The third kappa shape index (κ3) is 1.35. The predicted molar refractivity (Wildman–Crippen MR) is 37.4 cm³/mol. The summed E-state index contributed by atoms with van der Waals surface area (Å²) >= 11 is 6.60. The fourth-order valence-corrected chi connectivity index (χ4v) is 1.45. The Labute approximate surface area is 59.2 Å². The summed E-state index contributed by atoms with van der Waals surface area (Å²) in [6, 6.07) is 5.98. The molecule has 0 unspecified atom stereocenters. The van der Waals surface area contributed by atoms with Crippen LogP contribution in [0, 0.1) is 0 Å². The molecule has 0 spiro atoms. The molecule has 0 fully saturated rings. The van der Waals surface area contributed by atoms with Gasteiger partial charge in [-0.2, -0.15) is 18.2 Å². The maximum absolute atomic E-state index is 3.30. The SMILES string of the molecule is Brc1c[cH-]c(Br)c1. The van der Waals surface area contributed by atoms with Crippen molar-refractivity contribution in [2.45, 2.75) is 0 Å². The number of halogens is 2. The topological polar surface area (TPSA) is 0 Å². The van der Waals surface area contributed by atoms with E-state index in [1.165, 1.54) is 0 Å². The Bertz CT molecular complexity index is 138. The van der Waals surface area contributed by atoms with E-state index in [0.717, 1.165) is 8.95 Å². The maximum atomic E-state index is 3.30. The van der Waals surface area contributed by atoms with Gasteiger partial charge in [0, 0.05) is 0 Å². The monoisotopic (exact) mass is 221 g/mol. The molecule has 0 atom stereocenters. The van der Waals surface area contributed by atoms with Crippen molar-refractivity contribution in [1.82, 2.24) is 0 Å². The predicted octanol–water partition coefficient (Wildman–Crippen LogP) is 2.93. The molecule has 0 aliphatic rings. The van der Waals surface area contributed by atoms with Crippen molar-refractivity contribution < 1.29 is 0 Å². The summed E-state index contributed by atoms with van der Waals surface area (Å²) < 4.78 is 2.25.